The Morgan fingerprint density at radius 2 is 1.86 bits per heavy atom. The minimum Gasteiger partial charge on any atom is -0.261 e. The van der Waals surface area contributed by atoms with Crippen LogP contribution in [0.3, 0.4) is 0 Å². The minimum atomic E-state index is 0.992. The molecular weight excluding hydrogens is 170 g/mol. The van der Waals surface area contributed by atoms with Gasteiger partial charge >= 0.3 is 0 Å². The molecule has 0 aliphatic heterocycles. The van der Waals surface area contributed by atoms with Crippen LogP contribution in [0.5, 0.6) is 0 Å². The monoisotopic (exact) mass is 185 g/mol. The van der Waals surface area contributed by atoms with E-state index in [4.69, 9.17) is 0 Å². The van der Waals surface area contributed by atoms with Gasteiger partial charge in [-0.1, -0.05) is 42.5 Å². The van der Waals surface area contributed by atoms with Gasteiger partial charge in [0.05, 0.1) is 5.70 Å². The maximum atomic E-state index is 4.32. The molecule has 0 atom stereocenters. The van der Waals surface area contributed by atoms with Crippen LogP contribution in [0.15, 0.2) is 53.6 Å². The lowest BCUT2D eigenvalue weighted by atomic mass is 10.1. The SMILES string of the molecule is CC=N/C(=C\C=C\C)c1ccccc1. The molecule has 0 N–H and O–H groups in total. The zero-order chi connectivity index (χ0) is 10.2. The molecule has 14 heavy (non-hydrogen) atoms. The molecule has 0 aromatic heterocycles. The molecule has 0 saturated heterocycles. The zero-order valence-electron chi connectivity index (χ0n) is 8.64. The summed E-state index contributed by atoms with van der Waals surface area (Å²) < 4.78 is 0. The third-order valence-corrected chi connectivity index (χ3v) is 1.78. The maximum absolute atomic E-state index is 4.32. The van der Waals surface area contributed by atoms with E-state index in [0.29, 0.717) is 0 Å². The van der Waals surface area contributed by atoms with E-state index in [2.05, 4.69) is 17.1 Å². The minimum absolute atomic E-state index is 0.992. The van der Waals surface area contributed by atoms with E-state index in [1.807, 2.05) is 56.5 Å². The normalized spacial score (nSPS) is 12.9. The molecule has 1 heteroatoms. The van der Waals surface area contributed by atoms with Crippen molar-refractivity contribution in [2.24, 2.45) is 4.99 Å². The van der Waals surface area contributed by atoms with Crippen molar-refractivity contribution in [3.63, 3.8) is 0 Å². The van der Waals surface area contributed by atoms with Crippen molar-refractivity contribution in [1.82, 2.24) is 0 Å². The van der Waals surface area contributed by atoms with Gasteiger partial charge in [0.1, 0.15) is 0 Å². The lowest BCUT2D eigenvalue weighted by Gasteiger charge is -1.99. The Kier molecular flexibility index (Phi) is 4.42. The van der Waals surface area contributed by atoms with Crippen LogP contribution >= 0.6 is 0 Å². The molecule has 1 aromatic carbocycles. The first-order valence-electron chi connectivity index (χ1n) is 4.75. The highest BCUT2D eigenvalue weighted by Crippen LogP contribution is 2.14. The number of aliphatic imine (C=N–C) groups is 1. The Balaban J connectivity index is 3.00. The van der Waals surface area contributed by atoms with Crippen LogP contribution < -0.4 is 0 Å². The van der Waals surface area contributed by atoms with Crippen molar-refractivity contribution in [2.45, 2.75) is 13.8 Å². The fourth-order valence-electron chi connectivity index (χ4n) is 1.15. The van der Waals surface area contributed by atoms with Gasteiger partial charge in [0.2, 0.25) is 0 Å². The average molecular weight is 185 g/mol. The molecule has 0 fully saturated rings. The molecule has 0 amide bonds. The summed E-state index contributed by atoms with van der Waals surface area (Å²) in [5.41, 5.74) is 2.13. The Morgan fingerprint density at radius 1 is 1.14 bits per heavy atom. The second kappa shape index (κ2) is 5.92. The standard InChI is InChI=1S/C13H15N/c1-3-5-11-13(14-4-2)12-9-7-6-8-10-12/h3-11H,1-2H3/b5-3+,13-11-,14-4?. The highest BCUT2D eigenvalue weighted by molar-refractivity contribution is 5.73. The highest BCUT2D eigenvalue weighted by Gasteiger charge is 1.94. The summed E-state index contributed by atoms with van der Waals surface area (Å²) in [6.07, 6.45) is 7.81. The van der Waals surface area contributed by atoms with E-state index in [0.717, 1.165) is 11.3 Å². The van der Waals surface area contributed by atoms with E-state index >= 15 is 0 Å². The molecule has 0 unspecified atom stereocenters. The summed E-state index contributed by atoms with van der Waals surface area (Å²) in [5, 5.41) is 0. The Labute approximate surface area is 85.5 Å². The lowest BCUT2D eigenvalue weighted by molar-refractivity contribution is 1.50. The van der Waals surface area contributed by atoms with Gasteiger partial charge in [-0.15, -0.1) is 0 Å². The molecule has 0 saturated carbocycles. The summed E-state index contributed by atoms with van der Waals surface area (Å²) in [4.78, 5) is 4.32. The van der Waals surface area contributed by atoms with Crippen molar-refractivity contribution in [3.05, 3.63) is 54.1 Å². The van der Waals surface area contributed by atoms with Gasteiger partial charge in [0.15, 0.2) is 0 Å². The quantitative estimate of drug-likeness (QED) is 0.503. The predicted molar refractivity (Wildman–Crippen MR) is 63.4 cm³/mol. The van der Waals surface area contributed by atoms with Crippen LogP contribution in [0.1, 0.15) is 19.4 Å². The highest BCUT2D eigenvalue weighted by atomic mass is 14.7. The largest absolute Gasteiger partial charge is 0.261 e. The second-order valence-electron chi connectivity index (χ2n) is 2.83. The molecule has 72 valence electrons. The molecule has 0 heterocycles. The number of allylic oxidation sites excluding steroid dienone is 3. The van der Waals surface area contributed by atoms with E-state index in [-0.39, 0.29) is 0 Å². The fraction of sp³-hybridized carbons (Fsp3) is 0.154. The van der Waals surface area contributed by atoms with Crippen molar-refractivity contribution < 1.29 is 0 Å². The Morgan fingerprint density at radius 3 is 2.43 bits per heavy atom. The van der Waals surface area contributed by atoms with E-state index < -0.39 is 0 Å². The van der Waals surface area contributed by atoms with Gasteiger partial charge < -0.3 is 0 Å². The van der Waals surface area contributed by atoms with Crippen LogP contribution in [0.2, 0.25) is 0 Å². The Hall–Kier alpha value is -1.63. The number of nitrogens with zero attached hydrogens (tertiary/aromatic N) is 1. The predicted octanol–water partition coefficient (Wildman–Crippen LogP) is 3.69. The lowest BCUT2D eigenvalue weighted by Crippen LogP contribution is -1.79. The topological polar surface area (TPSA) is 12.4 Å². The van der Waals surface area contributed by atoms with Gasteiger partial charge in [-0.2, -0.15) is 0 Å². The summed E-state index contributed by atoms with van der Waals surface area (Å²) >= 11 is 0. The van der Waals surface area contributed by atoms with Crippen LogP contribution in [0.25, 0.3) is 5.70 Å². The smallest absolute Gasteiger partial charge is 0.0697 e. The molecule has 1 nitrogen and oxygen atoms in total. The van der Waals surface area contributed by atoms with E-state index in [1.54, 1.807) is 0 Å². The number of rotatable bonds is 3. The third-order valence-electron chi connectivity index (χ3n) is 1.78. The molecular formula is C13H15N. The maximum Gasteiger partial charge on any atom is 0.0697 e. The molecule has 0 radical (unpaired) electrons. The van der Waals surface area contributed by atoms with Crippen LogP contribution in [-0.4, -0.2) is 6.21 Å². The first kappa shape index (κ1) is 10.5. The molecule has 0 spiro atoms. The summed E-state index contributed by atoms with van der Waals surface area (Å²) in [6.45, 7) is 3.92. The van der Waals surface area contributed by atoms with Gasteiger partial charge in [-0.3, -0.25) is 4.99 Å². The number of benzene rings is 1. The van der Waals surface area contributed by atoms with Crippen molar-refractivity contribution >= 4 is 11.9 Å². The van der Waals surface area contributed by atoms with Crippen molar-refractivity contribution in [1.29, 1.82) is 0 Å². The van der Waals surface area contributed by atoms with Gasteiger partial charge in [-0.25, -0.2) is 0 Å². The van der Waals surface area contributed by atoms with Gasteiger partial charge in [0, 0.05) is 11.8 Å². The van der Waals surface area contributed by atoms with Gasteiger partial charge in [-0.05, 0) is 19.9 Å². The van der Waals surface area contributed by atoms with Crippen LogP contribution in [0.4, 0.5) is 0 Å². The summed E-state index contributed by atoms with van der Waals surface area (Å²) in [6, 6.07) is 10.2. The van der Waals surface area contributed by atoms with Crippen molar-refractivity contribution in [2.75, 3.05) is 0 Å². The van der Waals surface area contributed by atoms with Crippen molar-refractivity contribution in [3.8, 4) is 0 Å². The number of hydrogen-bond donors (Lipinski definition) is 0. The summed E-state index contributed by atoms with van der Waals surface area (Å²) in [5.74, 6) is 0. The molecule has 0 aliphatic rings. The number of hydrogen-bond acceptors (Lipinski definition) is 1. The first-order chi connectivity index (χ1) is 6.88. The second-order valence-corrected chi connectivity index (χ2v) is 2.83. The van der Waals surface area contributed by atoms with E-state index in [1.165, 1.54) is 0 Å². The first-order valence-corrected chi connectivity index (χ1v) is 4.75. The molecule has 1 aromatic rings. The van der Waals surface area contributed by atoms with E-state index in [9.17, 15) is 0 Å². The van der Waals surface area contributed by atoms with Crippen LogP contribution in [-0.2, 0) is 0 Å². The van der Waals surface area contributed by atoms with Gasteiger partial charge in [0.25, 0.3) is 0 Å². The molecule has 0 aliphatic carbocycles. The zero-order valence-corrected chi connectivity index (χ0v) is 8.64. The molecule has 1 rings (SSSR count). The Bertz CT molecular complexity index is 345. The average Bonchev–Trinajstić information content (AvgIpc) is 2.25. The van der Waals surface area contributed by atoms with Crippen LogP contribution in [0, 0.1) is 0 Å². The molecule has 0 bridgehead atoms. The third kappa shape index (κ3) is 3.02. The summed E-state index contributed by atoms with van der Waals surface area (Å²) in [7, 11) is 0. The fourth-order valence-corrected chi connectivity index (χ4v) is 1.15.